The molecular formula is C15H15N3O6S. The molecule has 9 nitrogen and oxygen atoms in total. The van der Waals surface area contributed by atoms with Crippen molar-refractivity contribution in [2.75, 3.05) is 27.2 Å². The van der Waals surface area contributed by atoms with Crippen LogP contribution in [-0.2, 0) is 14.3 Å². The molecule has 1 aromatic carbocycles. The van der Waals surface area contributed by atoms with E-state index in [1.54, 1.807) is 6.07 Å². The molecule has 25 heavy (non-hydrogen) atoms. The number of nitrogens with zero attached hydrogens (tertiary/aromatic N) is 2. The Balaban J connectivity index is 2.01. The highest BCUT2D eigenvalue weighted by Crippen LogP contribution is 2.29. The Morgan fingerprint density at radius 3 is 2.68 bits per heavy atom. The van der Waals surface area contributed by atoms with Gasteiger partial charge in [-0.05, 0) is 12.1 Å². The van der Waals surface area contributed by atoms with Crippen LogP contribution in [0.2, 0.25) is 0 Å². The molecular weight excluding hydrogens is 350 g/mol. The topological polar surface area (TPSA) is 119 Å². The van der Waals surface area contributed by atoms with E-state index in [9.17, 15) is 24.5 Å². The lowest BCUT2D eigenvalue weighted by Crippen LogP contribution is -2.39. The maximum absolute atomic E-state index is 12.0. The smallest absolute Gasteiger partial charge is 0.348 e. The van der Waals surface area contributed by atoms with Gasteiger partial charge in [0.25, 0.3) is 11.6 Å². The summed E-state index contributed by atoms with van der Waals surface area (Å²) >= 11 is 1.11. The van der Waals surface area contributed by atoms with E-state index in [1.165, 1.54) is 32.3 Å². The standard InChI is InChI=1S/C15H15N3O6S/c1-16-13(19)7-17(2)14(20)8-24-15(21)12-6-9-5-10(18(22)23)3-4-11(9)25-12/h3-6H,7-8H2,1-2H3,(H,16,19). The lowest BCUT2D eigenvalue weighted by Gasteiger charge is -2.15. The van der Waals surface area contributed by atoms with E-state index in [0.29, 0.717) is 10.1 Å². The lowest BCUT2D eigenvalue weighted by atomic mass is 10.2. The number of non-ortho nitro benzene ring substituents is 1. The molecule has 0 fully saturated rings. The fourth-order valence-corrected chi connectivity index (χ4v) is 2.87. The van der Waals surface area contributed by atoms with Crippen LogP contribution in [0.1, 0.15) is 9.67 Å². The number of benzene rings is 1. The Hall–Kier alpha value is -3.01. The SMILES string of the molecule is CNC(=O)CN(C)C(=O)COC(=O)c1cc2cc([N+](=O)[O-])ccc2s1. The van der Waals surface area contributed by atoms with Crippen molar-refractivity contribution in [1.29, 1.82) is 0 Å². The maximum Gasteiger partial charge on any atom is 0.348 e. The molecule has 10 heteroatoms. The van der Waals surface area contributed by atoms with Crippen molar-refractivity contribution < 1.29 is 24.0 Å². The van der Waals surface area contributed by atoms with E-state index in [1.807, 2.05) is 0 Å². The molecule has 2 amide bonds. The molecule has 0 aliphatic heterocycles. The number of amides is 2. The third-order valence-electron chi connectivity index (χ3n) is 3.32. The number of hydrogen-bond acceptors (Lipinski definition) is 7. The van der Waals surface area contributed by atoms with E-state index in [-0.39, 0.29) is 23.0 Å². The highest BCUT2D eigenvalue weighted by Gasteiger charge is 2.18. The summed E-state index contributed by atoms with van der Waals surface area (Å²) in [6, 6.07) is 5.75. The summed E-state index contributed by atoms with van der Waals surface area (Å²) in [7, 11) is 2.87. The van der Waals surface area contributed by atoms with Gasteiger partial charge in [0.1, 0.15) is 4.88 Å². The number of fused-ring (bicyclic) bond motifs is 1. The van der Waals surface area contributed by atoms with Gasteiger partial charge in [-0.25, -0.2) is 4.79 Å². The lowest BCUT2D eigenvalue weighted by molar-refractivity contribution is -0.384. The highest BCUT2D eigenvalue weighted by molar-refractivity contribution is 7.20. The van der Waals surface area contributed by atoms with Crippen LogP contribution in [0.15, 0.2) is 24.3 Å². The Morgan fingerprint density at radius 1 is 1.32 bits per heavy atom. The Morgan fingerprint density at radius 2 is 2.04 bits per heavy atom. The number of hydrogen-bond donors (Lipinski definition) is 1. The number of nitrogens with one attached hydrogen (secondary N) is 1. The molecule has 0 spiro atoms. The van der Waals surface area contributed by atoms with Crippen molar-refractivity contribution in [3.05, 3.63) is 39.3 Å². The van der Waals surface area contributed by atoms with E-state index < -0.39 is 23.4 Å². The summed E-state index contributed by atoms with van der Waals surface area (Å²) in [5, 5.41) is 13.7. The molecule has 0 atom stereocenters. The van der Waals surface area contributed by atoms with Crippen molar-refractivity contribution >= 4 is 44.9 Å². The van der Waals surface area contributed by atoms with Gasteiger partial charge in [-0.3, -0.25) is 19.7 Å². The molecule has 0 aliphatic carbocycles. The first-order valence-corrected chi connectivity index (χ1v) is 7.93. The molecule has 1 heterocycles. The molecule has 1 N–H and O–H groups in total. The number of likely N-dealkylation sites (N-methyl/N-ethyl adjacent to an activating group) is 2. The van der Waals surface area contributed by atoms with Crippen LogP contribution in [0.25, 0.3) is 10.1 Å². The van der Waals surface area contributed by atoms with Crippen molar-refractivity contribution in [1.82, 2.24) is 10.2 Å². The summed E-state index contributed by atoms with van der Waals surface area (Å²) in [4.78, 5) is 46.7. The molecule has 0 unspecified atom stereocenters. The largest absolute Gasteiger partial charge is 0.451 e. The van der Waals surface area contributed by atoms with Crippen LogP contribution in [0.5, 0.6) is 0 Å². The van der Waals surface area contributed by atoms with Crippen molar-refractivity contribution in [3.8, 4) is 0 Å². The van der Waals surface area contributed by atoms with Crippen molar-refractivity contribution in [2.24, 2.45) is 0 Å². The monoisotopic (exact) mass is 365 g/mol. The summed E-state index contributed by atoms with van der Waals surface area (Å²) in [5.74, 6) is -1.56. The third-order valence-corrected chi connectivity index (χ3v) is 4.42. The van der Waals surface area contributed by atoms with Crippen LogP contribution in [0.3, 0.4) is 0 Å². The first-order valence-electron chi connectivity index (χ1n) is 7.11. The molecule has 2 rings (SSSR count). The van der Waals surface area contributed by atoms with Crippen molar-refractivity contribution in [2.45, 2.75) is 0 Å². The van der Waals surface area contributed by atoms with Crippen LogP contribution < -0.4 is 5.32 Å². The molecule has 0 aliphatic rings. The number of esters is 1. The minimum atomic E-state index is -0.703. The van der Waals surface area contributed by atoms with E-state index in [2.05, 4.69) is 5.32 Å². The van der Waals surface area contributed by atoms with Gasteiger partial charge >= 0.3 is 5.97 Å². The number of carbonyl (C=O) groups excluding carboxylic acids is 3. The Bertz CT molecular complexity index is 847. The predicted molar refractivity (Wildman–Crippen MR) is 90.5 cm³/mol. The van der Waals surface area contributed by atoms with Gasteiger partial charge in [-0.2, -0.15) is 0 Å². The van der Waals surface area contributed by atoms with E-state index in [0.717, 1.165) is 16.2 Å². The van der Waals surface area contributed by atoms with Gasteiger partial charge in [-0.1, -0.05) is 0 Å². The van der Waals surface area contributed by atoms with Crippen molar-refractivity contribution in [3.63, 3.8) is 0 Å². The average molecular weight is 365 g/mol. The minimum Gasteiger partial charge on any atom is -0.451 e. The minimum absolute atomic E-state index is 0.0729. The van der Waals surface area contributed by atoms with Gasteiger partial charge in [0.2, 0.25) is 5.91 Å². The number of nitro groups is 1. The second-order valence-electron chi connectivity index (χ2n) is 5.09. The molecule has 0 radical (unpaired) electrons. The summed E-state index contributed by atoms with van der Waals surface area (Å²) in [5.41, 5.74) is -0.0729. The highest BCUT2D eigenvalue weighted by atomic mass is 32.1. The number of carbonyl (C=O) groups is 3. The summed E-state index contributed by atoms with van der Waals surface area (Å²) in [6.45, 7) is -0.639. The van der Waals surface area contributed by atoms with Crippen LogP contribution in [-0.4, -0.2) is 54.9 Å². The fraction of sp³-hybridized carbons (Fsp3) is 0.267. The first-order chi connectivity index (χ1) is 11.8. The van der Waals surface area contributed by atoms with Crippen LogP contribution in [0.4, 0.5) is 5.69 Å². The predicted octanol–water partition coefficient (Wildman–Crippen LogP) is 1.17. The average Bonchev–Trinajstić information content (AvgIpc) is 3.02. The number of thiophene rings is 1. The fourth-order valence-electron chi connectivity index (χ4n) is 1.94. The van der Waals surface area contributed by atoms with Crippen LogP contribution >= 0.6 is 11.3 Å². The van der Waals surface area contributed by atoms with Gasteiger partial charge in [0.15, 0.2) is 6.61 Å². The summed E-state index contributed by atoms with van der Waals surface area (Å²) < 4.78 is 5.64. The zero-order valence-electron chi connectivity index (χ0n) is 13.5. The molecule has 132 valence electrons. The van der Waals surface area contributed by atoms with E-state index >= 15 is 0 Å². The van der Waals surface area contributed by atoms with Gasteiger partial charge in [0, 0.05) is 36.3 Å². The first kappa shape index (κ1) is 18.3. The molecule has 2 aromatic rings. The number of nitro benzene ring substituents is 1. The van der Waals surface area contributed by atoms with Gasteiger partial charge < -0.3 is 15.0 Å². The maximum atomic E-state index is 12.0. The van der Waals surface area contributed by atoms with Gasteiger partial charge in [-0.15, -0.1) is 11.3 Å². The number of rotatable bonds is 6. The second-order valence-corrected chi connectivity index (χ2v) is 6.17. The second kappa shape index (κ2) is 7.71. The quantitative estimate of drug-likeness (QED) is 0.466. The third kappa shape index (κ3) is 4.51. The zero-order chi connectivity index (χ0) is 18.6. The zero-order valence-corrected chi connectivity index (χ0v) is 14.3. The molecule has 0 saturated carbocycles. The van der Waals surface area contributed by atoms with Crippen LogP contribution in [0, 0.1) is 10.1 Å². The molecule has 0 bridgehead atoms. The molecule has 1 aromatic heterocycles. The normalized spacial score (nSPS) is 10.3. The van der Waals surface area contributed by atoms with E-state index in [4.69, 9.17) is 4.74 Å². The Labute approximate surface area is 146 Å². The Kier molecular flexibility index (Phi) is 5.65. The molecule has 0 saturated heterocycles. The summed E-state index contributed by atoms with van der Waals surface area (Å²) in [6.07, 6.45) is 0. The number of ether oxygens (including phenoxy) is 1. The van der Waals surface area contributed by atoms with Gasteiger partial charge in [0.05, 0.1) is 11.5 Å².